The van der Waals surface area contributed by atoms with Crippen LogP contribution in [0.2, 0.25) is 0 Å². The van der Waals surface area contributed by atoms with Crippen molar-refractivity contribution in [2.45, 2.75) is 26.2 Å². The van der Waals surface area contributed by atoms with Gasteiger partial charge in [-0.15, -0.1) is 0 Å². The van der Waals surface area contributed by atoms with Gasteiger partial charge < -0.3 is 16.2 Å². The van der Waals surface area contributed by atoms with E-state index in [2.05, 4.69) is 9.88 Å². The van der Waals surface area contributed by atoms with Gasteiger partial charge in [0.25, 0.3) is 0 Å². The first kappa shape index (κ1) is 23.7. The van der Waals surface area contributed by atoms with E-state index in [1.165, 1.54) is 44.1 Å². The number of aromatic nitrogens is 1. The number of halogens is 1. The Morgan fingerprint density at radius 2 is 1.88 bits per heavy atom. The number of nitrogens with zero attached hydrogens (tertiary/aromatic N) is 2. The van der Waals surface area contributed by atoms with E-state index in [0.717, 1.165) is 30.2 Å². The Morgan fingerprint density at radius 3 is 2.50 bits per heavy atom. The summed E-state index contributed by atoms with van der Waals surface area (Å²) < 4.78 is 19.0. The molecule has 1 saturated heterocycles. The second-order valence-electron chi connectivity index (χ2n) is 7.47. The largest absolute Gasteiger partial charge is 0.492 e. The fourth-order valence-corrected chi connectivity index (χ4v) is 4.16. The summed E-state index contributed by atoms with van der Waals surface area (Å²) in [5, 5.41) is 0.244. The molecule has 2 aromatic carbocycles. The summed E-state index contributed by atoms with van der Waals surface area (Å²) in [6.45, 7) is 6.20. The highest BCUT2D eigenvalue weighted by Gasteiger charge is 2.18. The van der Waals surface area contributed by atoms with Gasteiger partial charge in [-0.05, 0) is 68.2 Å². The molecular weight excluding hydrogens is 427 g/mol. The maximum atomic E-state index is 13.4. The Morgan fingerprint density at radius 1 is 1.16 bits per heavy atom. The molecule has 0 atom stereocenters. The zero-order valence-corrected chi connectivity index (χ0v) is 19.0. The van der Waals surface area contributed by atoms with Crippen molar-refractivity contribution in [1.82, 2.24) is 9.88 Å². The molecule has 0 aliphatic carbocycles. The van der Waals surface area contributed by atoms with Crippen LogP contribution in [0, 0.1) is 5.82 Å². The summed E-state index contributed by atoms with van der Waals surface area (Å²) in [6.07, 6.45) is 3.23. The molecule has 1 aliphatic rings. The summed E-state index contributed by atoms with van der Waals surface area (Å²) in [6, 6.07) is 14.3. The fraction of sp³-hybridized carbons (Fsp3) is 0.333. The number of nitrogens with two attached hydrogens (primary N) is 2. The second kappa shape index (κ2) is 11.6. The molecule has 6 nitrogen and oxygen atoms in total. The third kappa shape index (κ3) is 6.51. The maximum Gasteiger partial charge on any atom is 0.206 e. The van der Waals surface area contributed by atoms with Crippen LogP contribution in [-0.2, 0) is 6.42 Å². The molecule has 0 unspecified atom stereocenters. The van der Waals surface area contributed by atoms with Crippen LogP contribution in [0.1, 0.15) is 40.6 Å². The lowest BCUT2D eigenvalue weighted by atomic mass is 10.0. The van der Waals surface area contributed by atoms with E-state index in [1.807, 2.05) is 37.3 Å². The lowest BCUT2D eigenvalue weighted by Crippen LogP contribution is -2.25. The summed E-state index contributed by atoms with van der Waals surface area (Å²) in [4.78, 5) is 18.7. The van der Waals surface area contributed by atoms with Crippen molar-refractivity contribution in [2.75, 3.05) is 37.7 Å². The highest BCUT2D eigenvalue weighted by atomic mass is 32.1. The normalized spacial score (nSPS) is 13.4. The number of hydrogen-bond acceptors (Lipinski definition) is 7. The first-order valence-electron chi connectivity index (χ1n) is 10.7. The van der Waals surface area contributed by atoms with Gasteiger partial charge in [0.2, 0.25) is 5.78 Å². The third-order valence-corrected chi connectivity index (χ3v) is 6.08. The van der Waals surface area contributed by atoms with Crippen LogP contribution < -0.4 is 16.2 Å². The first-order chi connectivity index (χ1) is 15.5. The van der Waals surface area contributed by atoms with E-state index in [-0.39, 0.29) is 22.5 Å². The molecule has 0 saturated carbocycles. The van der Waals surface area contributed by atoms with Gasteiger partial charge in [-0.1, -0.05) is 36.5 Å². The zero-order valence-electron chi connectivity index (χ0n) is 18.2. The van der Waals surface area contributed by atoms with Crippen LogP contribution in [0.5, 0.6) is 5.75 Å². The number of benzene rings is 2. The lowest BCUT2D eigenvalue weighted by Gasteiger charge is -2.14. The second-order valence-corrected chi connectivity index (χ2v) is 8.50. The monoisotopic (exact) mass is 456 g/mol. The molecule has 4 N–H and O–H groups in total. The number of anilines is 2. The van der Waals surface area contributed by atoms with Crippen molar-refractivity contribution in [3.8, 4) is 5.75 Å². The first-order valence-corrected chi connectivity index (χ1v) is 11.5. The molecule has 0 amide bonds. The van der Waals surface area contributed by atoms with Crippen LogP contribution in [-0.4, -0.2) is 41.9 Å². The molecule has 0 spiro atoms. The predicted molar refractivity (Wildman–Crippen MR) is 128 cm³/mol. The molecule has 3 aromatic rings. The smallest absolute Gasteiger partial charge is 0.206 e. The minimum absolute atomic E-state index is 0.116. The number of thiazole rings is 1. The average molecular weight is 457 g/mol. The van der Waals surface area contributed by atoms with Gasteiger partial charge >= 0.3 is 0 Å². The van der Waals surface area contributed by atoms with Crippen LogP contribution in [0.3, 0.4) is 0 Å². The van der Waals surface area contributed by atoms with Crippen molar-refractivity contribution in [2.24, 2.45) is 0 Å². The number of carbonyl (C=O) groups excluding carboxylic acids is 1. The number of ether oxygens (including phenoxy) is 1. The van der Waals surface area contributed by atoms with Crippen LogP contribution >= 0.6 is 11.3 Å². The molecule has 8 heteroatoms. The van der Waals surface area contributed by atoms with Crippen LogP contribution in [0.4, 0.5) is 15.3 Å². The summed E-state index contributed by atoms with van der Waals surface area (Å²) in [5.74, 6) is 0.499. The van der Waals surface area contributed by atoms with E-state index in [0.29, 0.717) is 22.4 Å². The number of nitrogen functional groups attached to an aromatic ring is 2. The SMILES string of the molecule is CCc1cc(C(=O)c2sc(N)nc2N)ccc1F.c1ccc(OCCN2CCCC2)cc1. The summed E-state index contributed by atoms with van der Waals surface area (Å²) in [7, 11) is 0. The van der Waals surface area contributed by atoms with Gasteiger partial charge in [-0.25, -0.2) is 9.37 Å². The van der Waals surface area contributed by atoms with Crippen LogP contribution in [0.25, 0.3) is 0 Å². The minimum atomic E-state index is -0.314. The summed E-state index contributed by atoms with van der Waals surface area (Å²) >= 11 is 1.03. The Labute approximate surface area is 192 Å². The van der Waals surface area contributed by atoms with Gasteiger partial charge in [-0.3, -0.25) is 9.69 Å². The molecular formula is C24H29FN4O2S. The van der Waals surface area contributed by atoms with Crippen molar-refractivity contribution < 1.29 is 13.9 Å². The molecule has 170 valence electrons. The van der Waals surface area contributed by atoms with Crippen molar-refractivity contribution in [3.05, 3.63) is 70.4 Å². The maximum absolute atomic E-state index is 13.4. The number of rotatable bonds is 7. The Hall–Kier alpha value is -2.97. The zero-order chi connectivity index (χ0) is 22.9. The van der Waals surface area contributed by atoms with Crippen molar-refractivity contribution >= 4 is 28.1 Å². The Balaban J connectivity index is 0.000000186. The number of likely N-dealkylation sites (tertiary alicyclic amines) is 1. The number of para-hydroxylation sites is 1. The number of hydrogen-bond donors (Lipinski definition) is 2. The fourth-order valence-electron chi connectivity index (χ4n) is 3.45. The average Bonchev–Trinajstić information content (AvgIpc) is 3.44. The topological polar surface area (TPSA) is 94.5 Å². The van der Waals surface area contributed by atoms with Crippen molar-refractivity contribution in [3.63, 3.8) is 0 Å². The quantitative estimate of drug-likeness (QED) is 0.512. The highest BCUT2D eigenvalue weighted by molar-refractivity contribution is 7.18. The molecule has 1 aliphatic heterocycles. The lowest BCUT2D eigenvalue weighted by molar-refractivity contribution is 0.104. The van der Waals surface area contributed by atoms with Crippen molar-refractivity contribution in [1.29, 1.82) is 0 Å². The van der Waals surface area contributed by atoms with Gasteiger partial charge in [0.1, 0.15) is 28.9 Å². The summed E-state index contributed by atoms with van der Waals surface area (Å²) in [5.41, 5.74) is 12.0. The Bertz CT molecular complexity index is 1020. The number of ketones is 1. The van der Waals surface area contributed by atoms with E-state index in [9.17, 15) is 9.18 Å². The van der Waals surface area contributed by atoms with Gasteiger partial charge in [0, 0.05) is 12.1 Å². The molecule has 1 fully saturated rings. The minimum Gasteiger partial charge on any atom is -0.492 e. The molecule has 32 heavy (non-hydrogen) atoms. The third-order valence-electron chi connectivity index (χ3n) is 5.18. The number of carbonyl (C=O) groups is 1. The van der Waals surface area contributed by atoms with E-state index < -0.39 is 0 Å². The molecule has 1 aromatic heterocycles. The van der Waals surface area contributed by atoms with Gasteiger partial charge in [0.05, 0.1) is 0 Å². The van der Waals surface area contributed by atoms with E-state index >= 15 is 0 Å². The molecule has 0 radical (unpaired) electrons. The predicted octanol–water partition coefficient (Wildman–Crippen LogP) is 4.40. The van der Waals surface area contributed by atoms with Crippen LogP contribution in [0.15, 0.2) is 48.5 Å². The Kier molecular flexibility index (Phi) is 8.58. The van der Waals surface area contributed by atoms with E-state index in [1.54, 1.807) is 0 Å². The number of aryl methyl sites for hydroxylation is 1. The standard InChI is InChI=1S/C12H12FN3OS.C12H17NO/c1-2-6-5-7(3-4-8(6)13)9(17)10-11(14)16-12(15)18-10;1-2-6-12(7-3-1)14-11-10-13-8-4-5-9-13/h3-5H,2,14H2,1H3,(H2,15,16);1-3,6-7H,4-5,8-11H2. The van der Waals surface area contributed by atoms with Gasteiger partial charge in [0.15, 0.2) is 5.13 Å². The molecule has 0 bridgehead atoms. The van der Waals surface area contributed by atoms with E-state index in [4.69, 9.17) is 16.2 Å². The molecule has 2 heterocycles. The van der Waals surface area contributed by atoms with Gasteiger partial charge in [-0.2, -0.15) is 0 Å². The molecule has 4 rings (SSSR count). The highest BCUT2D eigenvalue weighted by Crippen LogP contribution is 2.26.